The van der Waals surface area contributed by atoms with Crippen molar-refractivity contribution in [2.45, 2.75) is 46.0 Å². The van der Waals surface area contributed by atoms with Crippen molar-refractivity contribution in [3.05, 3.63) is 33.9 Å². The molecule has 0 aliphatic carbocycles. The Hall–Kier alpha value is -1.58. The Morgan fingerprint density at radius 2 is 1.94 bits per heavy atom. The van der Waals surface area contributed by atoms with Gasteiger partial charge in [0.05, 0.1) is 4.92 Å². The number of nitro groups is 1. The number of nitro benzene ring substituents is 1. The summed E-state index contributed by atoms with van der Waals surface area (Å²) in [5.74, 6) is 0. The average molecular weight is 250 g/mol. The summed E-state index contributed by atoms with van der Waals surface area (Å²) in [7, 11) is 0. The summed E-state index contributed by atoms with van der Waals surface area (Å²) in [4.78, 5) is 10.5. The number of hydrogen-bond donors (Lipinski definition) is 1. The van der Waals surface area contributed by atoms with Crippen molar-refractivity contribution in [1.82, 2.24) is 0 Å². The minimum absolute atomic E-state index is 0.161. The second kappa shape index (κ2) is 7.69. The van der Waals surface area contributed by atoms with Gasteiger partial charge in [-0.25, -0.2) is 0 Å². The van der Waals surface area contributed by atoms with Crippen LogP contribution in [0.3, 0.4) is 0 Å². The van der Waals surface area contributed by atoms with Gasteiger partial charge in [0, 0.05) is 12.6 Å². The highest BCUT2D eigenvalue weighted by molar-refractivity contribution is 5.62. The van der Waals surface area contributed by atoms with Gasteiger partial charge in [-0.2, -0.15) is 0 Å². The van der Waals surface area contributed by atoms with Gasteiger partial charge in [-0.05, 0) is 25.0 Å². The summed E-state index contributed by atoms with van der Waals surface area (Å²) in [5.41, 5.74) is 1.83. The van der Waals surface area contributed by atoms with Crippen LogP contribution in [-0.2, 0) is 0 Å². The van der Waals surface area contributed by atoms with Gasteiger partial charge < -0.3 is 5.32 Å². The zero-order valence-electron chi connectivity index (χ0n) is 11.2. The molecule has 18 heavy (non-hydrogen) atoms. The van der Waals surface area contributed by atoms with Gasteiger partial charge in [-0.1, -0.05) is 38.7 Å². The zero-order valence-corrected chi connectivity index (χ0v) is 11.2. The van der Waals surface area contributed by atoms with Crippen molar-refractivity contribution in [2.24, 2.45) is 0 Å². The normalized spacial score (nSPS) is 10.3. The summed E-state index contributed by atoms with van der Waals surface area (Å²) in [5, 5.41) is 14.0. The quantitative estimate of drug-likeness (QED) is 0.425. The second-order valence-electron chi connectivity index (χ2n) is 4.62. The van der Waals surface area contributed by atoms with Gasteiger partial charge in [0.2, 0.25) is 0 Å². The third-order valence-corrected chi connectivity index (χ3v) is 2.94. The maximum absolute atomic E-state index is 10.9. The molecule has 1 aromatic carbocycles. The van der Waals surface area contributed by atoms with Gasteiger partial charge in [-0.15, -0.1) is 0 Å². The van der Waals surface area contributed by atoms with E-state index in [4.69, 9.17) is 0 Å². The van der Waals surface area contributed by atoms with Crippen LogP contribution in [0.15, 0.2) is 18.2 Å². The molecule has 1 N–H and O–H groups in total. The smallest absolute Gasteiger partial charge is 0.292 e. The molecule has 1 aromatic rings. The van der Waals surface area contributed by atoms with Gasteiger partial charge >= 0.3 is 0 Å². The Morgan fingerprint density at radius 3 is 2.61 bits per heavy atom. The summed E-state index contributed by atoms with van der Waals surface area (Å²) in [6.07, 6.45) is 5.99. The van der Waals surface area contributed by atoms with Crippen LogP contribution in [0.5, 0.6) is 0 Å². The fraction of sp³-hybridized carbons (Fsp3) is 0.571. The van der Waals surface area contributed by atoms with Crippen molar-refractivity contribution < 1.29 is 4.92 Å². The Balaban J connectivity index is 2.45. The number of hydrogen-bond acceptors (Lipinski definition) is 3. The van der Waals surface area contributed by atoms with Crippen LogP contribution in [0, 0.1) is 17.0 Å². The number of unbranched alkanes of at least 4 members (excludes halogenated alkanes) is 4. The number of nitrogens with zero attached hydrogens (tertiary/aromatic N) is 1. The molecule has 4 nitrogen and oxygen atoms in total. The Bertz CT molecular complexity index is 391. The molecule has 0 radical (unpaired) electrons. The van der Waals surface area contributed by atoms with Crippen LogP contribution in [-0.4, -0.2) is 11.5 Å². The SMILES string of the molecule is CCCCCCCNc1cc(C)ccc1[N+](=O)[O-]. The number of anilines is 1. The van der Waals surface area contributed by atoms with Crippen LogP contribution < -0.4 is 5.32 Å². The molecule has 0 fully saturated rings. The first kappa shape index (κ1) is 14.5. The molecule has 100 valence electrons. The van der Waals surface area contributed by atoms with Crippen LogP contribution in [0.1, 0.15) is 44.6 Å². The van der Waals surface area contributed by atoms with Crippen LogP contribution in [0.25, 0.3) is 0 Å². The van der Waals surface area contributed by atoms with Crippen LogP contribution in [0.4, 0.5) is 11.4 Å². The predicted octanol–water partition coefficient (Wildman–Crippen LogP) is 4.29. The van der Waals surface area contributed by atoms with E-state index in [1.807, 2.05) is 13.0 Å². The molecule has 1 rings (SSSR count). The van der Waals surface area contributed by atoms with Gasteiger partial charge in [0.15, 0.2) is 0 Å². The molecule has 0 aromatic heterocycles. The maximum Gasteiger partial charge on any atom is 0.292 e. The highest BCUT2D eigenvalue weighted by Gasteiger charge is 2.12. The molecule has 0 aliphatic rings. The molecule has 0 atom stereocenters. The molecular weight excluding hydrogens is 228 g/mol. The Morgan fingerprint density at radius 1 is 1.22 bits per heavy atom. The molecule has 0 saturated heterocycles. The molecule has 0 spiro atoms. The van der Waals surface area contributed by atoms with Crippen molar-refractivity contribution in [2.75, 3.05) is 11.9 Å². The molecule has 0 amide bonds. The molecule has 0 heterocycles. The number of aryl methyl sites for hydroxylation is 1. The first-order valence-electron chi connectivity index (χ1n) is 6.64. The van der Waals surface area contributed by atoms with Crippen molar-refractivity contribution in [3.63, 3.8) is 0 Å². The number of nitrogens with one attached hydrogen (secondary N) is 1. The topological polar surface area (TPSA) is 55.2 Å². The molecule has 4 heteroatoms. The standard InChI is InChI=1S/C14H22N2O2/c1-3-4-5-6-7-10-15-13-11-12(2)8-9-14(13)16(17)18/h8-9,11,15H,3-7,10H2,1-2H3. The summed E-state index contributed by atoms with van der Waals surface area (Å²) >= 11 is 0. The Kier molecular flexibility index (Phi) is 6.19. The highest BCUT2D eigenvalue weighted by atomic mass is 16.6. The van der Waals surface area contributed by atoms with Gasteiger partial charge in [0.25, 0.3) is 5.69 Å². The third kappa shape index (κ3) is 4.73. The lowest BCUT2D eigenvalue weighted by atomic mass is 10.1. The minimum atomic E-state index is -0.334. The lowest BCUT2D eigenvalue weighted by molar-refractivity contribution is -0.384. The van der Waals surface area contributed by atoms with Crippen molar-refractivity contribution >= 4 is 11.4 Å². The lowest BCUT2D eigenvalue weighted by Crippen LogP contribution is -2.04. The molecule has 0 bridgehead atoms. The van der Waals surface area contributed by atoms with Gasteiger partial charge in [-0.3, -0.25) is 10.1 Å². The Labute approximate surface area is 109 Å². The fourth-order valence-electron chi connectivity index (χ4n) is 1.90. The van der Waals surface area contributed by atoms with Crippen molar-refractivity contribution in [3.8, 4) is 0 Å². The number of rotatable bonds is 8. The molecular formula is C14H22N2O2. The van der Waals surface area contributed by atoms with Crippen LogP contribution >= 0.6 is 0 Å². The highest BCUT2D eigenvalue weighted by Crippen LogP contribution is 2.25. The van der Waals surface area contributed by atoms with Crippen molar-refractivity contribution in [1.29, 1.82) is 0 Å². The van der Waals surface area contributed by atoms with E-state index in [0.29, 0.717) is 5.69 Å². The van der Waals surface area contributed by atoms with E-state index in [1.165, 1.54) is 25.7 Å². The third-order valence-electron chi connectivity index (χ3n) is 2.94. The largest absolute Gasteiger partial charge is 0.379 e. The van der Waals surface area contributed by atoms with E-state index in [0.717, 1.165) is 18.5 Å². The van der Waals surface area contributed by atoms with E-state index in [1.54, 1.807) is 12.1 Å². The van der Waals surface area contributed by atoms with E-state index >= 15 is 0 Å². The maximum atomic E-state index is 10.9. The van der Waals surface area contributed by atoms with E-state index in [-0.39, 0.29) is 10.6 Å². The summed E-state index contributed by atoms with van der Waals surface area (Å²) < 4.78 is 0. The lowest BCUT2D eigenvalue weighted by Gasteiger charge is -2.07. The van der Waals surface area contributed by atoms with Crippen LogP contribution in [0.2, 0.25) is 0 Å². The molecule has 0 unspecified atom stereocenters. The first-order valence-corrected chi connectivity index (χ1v) is 6.64. The van der Waals surface area contributed by atoms with Gasteiger partial charge in [0.1, 0.15) is 5.69 Å². The fourth-order valence-corrected chi connectivity index (χ4v) is 1.90. The first-order chi connectivity index (χ1) is 8.65. The monoisotopic (exact) mass is 250 g/mol. The van der Waals surface area contributed by atoms with E-state index < -0.39 is 0 Å². The predicted molar refractivity (Wildman–Crippen MR) is 75.1 cm³/mol. The molecule has 0 saturated carbocycles. The molecule has 0 aliphatic heterocycles. The summed E-state index contributed by atoms with van der Waals surface area (Å²) in [6, 6.07) is 5.17. The zero-order chi connectivity index (χ0) is 13.4. The van der Waals surface area contributed by atoms with E-state index in [2.05, 4.69) is 12.2 Å². The minimum Gasteiger partial charge on any atom is -0.379 e. The average Bonchev–Trinajstić information content (AvgIpc) is 2.33. The van der Waals surface area contributed by atoms with E-state index in [9.17, 15) is 10.1 Å². The second-order valence-corrected chi connectivity index (χ2v) is 4.62. The number of benzene rings is 1. The summed E-state index contributed by atoms with van der Waals surface area (Å²) in [6.45, 7) is 4.93.